The van der Waals surface area contributed by atoms with Crippen LogP contribution in [0.1, 0.15) is 15.9 Å². The number of rotatable bonds is 2. The number of ketones is 1. The molecule has 1 aliphatic rings. The first-order valence-corrected chi connectivity index (χ1v) is 6.30. The summed E-state index contributed by atoms with van der Waals surface area (Å²) < 4.78 is 5.13. The van der Waals surface area contributed by atoms with Crippen molar-refractivity contribution in [2.45, 2.75) is 6.61 Å². The minimum atomic E-state index is -0.633. The number of carbonyl (C=O) groups is 1. The van der Waals surface area contributed by atoms with Gasteiger partial charge in [0.05, 0.1) is 5.33 Å². The normalized spacial score (nSPS) is 13.4. The molecule has 0 spiro atoms. The molecule has 0 unspecified atom stereocenters. The molecule has 0 aliphatic carbocycles. The Morgan fingerprint density at radius 2 is 2.17 bits per heavy atom. The van der Waals surface area contributed by atoms with Crippen molar-refractivity contribution in [2.75, 3.05) is 5.33 Å². The van der Waals surface area contributed by atoms with Crippen molar-refractivity contribution in [3.8, 4) is 5.75 Å². The van der Waals surface area contributed by atoms with Gasteiger partial charge in [-0.05, 0) is 18.2 Å². The lowest BCUT2D eigenvalue weighted by atomic mass is 10.1. The molecule has 1 aromatic carbocycles. The molecule has 6 heteroatoms. The van der Waals surface area contributed by atoms with E-state index in [-0.39, 0.29) is 16.7 Å². The van der Waals surface area contributed by atoms with Crippen LogP contribution in [0.2, 0.25) is 0 Å². The number of carbonyl (C=O) groups excluding carboxylic acids is 1. The second-order valence-corrected chi connectivity index (χ2v) is 4.41. The maximum Gasteiger partial charge on any atom is 0.347 e. The SMILES string of the molecule is O=C(CBr)c1cc2cc3c(cc2oc1=O)COO3. The highest BCUT2D eigenvalue weighted by atomic mass is 79.9. The van der Waals surface area contributed by atoms with Crippen LogP contribution in [0, 0.1) is 0 Å². The molecule has 0 atom stereocenters. The molecule has 2 aromatic rings. The minimum absolute atomic E-state index is 0.0261. The molecule has 3 rings (SSSR count). The van der Waals surface area contributed by atoms with Gasteiger partial charge in [0.1, 0.15) is 17.8 Å². The number of hydrogen-bond donors (Lipinski definition) is 0. The van der Waals surface area contributed by atoms with Gasteiger partial charge in [0.25, 0.3) is 0 Å². The topological polar surface area (TPSA) is 65.7 Å². The van der Waals surface area contributed by atoms with Crippen LogP contribution in [0.15, 0.2) is 27.4 Å². The standard InChI is InChI=1S/C12H7BrO5/c13-4-9(14)8-1-6-2-11-7(5-16-18-11)3-10(6)17-12(8)15/h1-3H,4-5H2. The predicted molar refractivity (Wildman–Crippen MR) is 66.0 cm³/mol. The highest BCUT2D eigenvalue weighted by Gasteiger charge is 2.18. The van der Waals surface area contributed by atoms with Crippen molar-refractivity contribution < 1.29 is 19.0 Å². The first-order valence-electron chi connectivity index (χ1n) is 5.18. The summed E-state index contributed by atoms with van der Waals surface area (Å²) in [5, 5.41) is 0.705. The van der Waals surface area contributed by atoms with Crippen molar-refractivity contribution in [3.05, 3.63) is 39.7 Å². The Kier molecular flexibility index (Phi) is 2.68. The Bertz CT molecular complexity index is 703. The summed E-state index contributed by atoms with van der Waals surface area (Å²) in [5.74, 6) is 0.261. The van der Waals surface area contributed by atoms with Gasteiger partial charge in [-0.1, -0.05) is 15.9 Å². The number of Topliss-reactive ketones (excluding diaryl/α,β-unsaturated/α-hetero) is 1. The number of benzene rings is 1. The summed E-state index contributed by atoms with van der Waals surface area (Å²) in [6.45, 7) is 0.317. The molecule has 0 amide bonds. The summed E-state index contributed by atoms with van der Waals surface area (Å²) in [5.41, 5.74) is 0.620. The smallest absolute Gasteiger partial charge is 0.347 e. The van der Waals surface area contributed by atoms with E-state index in [1.54, 1.807) is 12.1 Å². The zero-order chi connectivity index (χ0) is 12.7. The number of alkyl halides is 1. The maximum atomic E-state index is 11.7. The van der Waals surface area contributed by atoms with Crippen molar-refractivity contribution in [3.63, 3.8) is 0 Å². The first-order chi connectivity index (χ1) is 8.69. The average molecular weight is 311 g/mol. The highest BCUT2D eigenvalue weighted by molar-refractivity contribution is 9.09. The maximum absolute atomic E-state index is 11.7. The lowest BCUT2D eigenvalue weighted by Crippen LogP contribution is -2.14. The second kappa shape index (κ2) is 4.22. The molecule has 1 aromatic heterocycles. The predicted octanol–water partition coefficient (Wildman–Crippen LogP) is 2.19. The van der Waals surface area contributed by atoms with Crippen molar-refractivity contribution >= 4 is 32.7 Å². The second-order valence-electron chi connectivity index (χ2n) is 3.85. The zero-order valence-corrected chi connectivity index (χ0v) is 10.7. The van der Waals surface area contributed by atoms with Gasteiger partial charge in [-0.25, -0.2) is 4.79 Å². The van der Waals surface area contributed by atoms with Crippen LogP contribution >= 0.6 is 15.9 Å². The Morgan fingerprint density at radius 3 is 2.94 bits per heavy atom. The fourth-order valence-electron chi connectivity index (χ4n) is 1.80. The van der Waals surface area contributed by atoms with E-state index in [1.807, 2.05) is 0 Å². The monoisotopic (exact) mass is 310 g/mol. The summed E-state index contributed by atoms with van der Waals surface area (Å²) in [4.78, 5) is 33.0. The molecule has 2 heterocycles. The van der Waals surface area contributed by atoms with Crippen LogP contribution < -0.4 is 10.5 Å². The van der Waals surface area contributed by atoms with Crippen LogP contribution in [-0.2, 0) is 11.5 Å². The third-order valence-electron chi connectivity index (χ3n) is 2.70. The van der Waals surface area contributed by atoms with Gasteiger partial charge in [-0.2, -0.15) is 4.89 Å². The van der Waals surface area contributed by atoms with Crippen LogP contribution in [0.25, 0.3) is 11.0 Å². The lowest BCUT2D eigenvalue weighted by Gasteiger charge is -2.01. The molecular formula is C12H7BrO5. The molecule has 0 fully saturated rings. The number of hydrogen-bond acceptors (Lipinski definition) is 5. The van der Waals surface area contributed by atoms with Crippen LogP contribution in [0.3, 0.4) is 0 Å². The minimum Gasteiger partial charge on any atom is -0.422 e. The highest BCUT2D eigenvalue weighted by Crippen LogP contribution is 2.30. The van der Waals surface area contributed by atoms with Crippen molar-refractivity contribution in [1.82, 2.24) is 0 Å². The third kappa shape index (κ3) is 1.74. The van der Waals surface area contributed by atoms with Crippen molar-refractivity contribution in [2.24, 2.45) is 0 Å². The molecule has 0 saturated carbocycles. The Hall–Kier alpha value is -1.66. The molecule has 0 bridgehead atoms. The largest absolute Gasteiger partial charge is 0.422 e. The molecular weight excluding hydrogens is 304 g/mol. The van der Waals surface area contributed by atoms with E-state index < -0.39 is 5.63 Å². The third-order valence-corrected chi connectivity index (χ3v) is 3.21. The zero-order valence-electron chi connectivity index (χ0n) is 9.07. The average Bonchev–Trinajstić information content (AvgIpc) is 2.81. The van der Waals surface area contributed by atoms with E-state index in [0.717, 1.165) is 5.56 Å². The van der Waals surface area contributed by atoms with Crippen LogP contribution in [0.4, 0.5) is 0 Å². The van der Waals surface area contributed by atoms with Gasteiger partial charge in [-0.15, -0.1) is 0 Å². The number of halogens is 1. The summed E-state index contributed by atoms with van der Waals surface area (Å²) in [6.07, 6.45) is 0. The molecule has 92 valence electrons. The Labute approximate surface area is 109 Å². The first kappa shape index (κ1) is 11.4. The van der Waals surface area contributed by atoms with Gasteiger partial charge >= 0.3 is 5.63 Å². The molecule has 0 radical (unpaired) electrons. The Balaban J connectivity index is 2.26. The molecule has 18 heavy (non-hydrogen) atoms. The molecule has 1 aliphatic heterocycles. The summed E-state index contributed by atoms with van der Waals surface area (Å²) >= 11 is 3.02. The van der Waals surface area contributed by atoms with Gasteiger partial charge in [0, 0.05) is 10.9 Å². The van der Waals surface area contributed by atoms with E-state index in [0.29, 0.717) is 23.3 Å². The number of fused-ring (bicyclic) bond motifs is 2. The Morgan fingerprint density at radius 1 is 1.33 bits per heavy atom. The van der Waals surface area contributed by atoms with Gasteiger partial charge in [-0.3, -0.25) is 4.79 Å². The molecule has 5 nitrogen and oxygen atoms in total. The van der Waals surface area contributed by atoms with E-state index in [2.05, 4.69) is 15.9 Å². The summed E-state index contributed by atoms with van der Waals surface area (Å²) in [6, 6.07) is 4.87. The van der Waals surface area contributed by atoms with Crippen LogP contribution in [0.5, 0.6) is 5.75 Å². The lowest BCUT2D eigenvalue weighted by molar-refractivity contribution is -0.194. The quantitative estimate of drug-likeness (QED) is 0.368. The van der Waals surface area contributed by atoms with Gasteiger partial charge in [0.15, 0.2) is 11.5 Å². The van der Waals surface area contributed by atoms with E-state index in [1.165, 1.54) is 6.07 Å². The summed E-state index contributed by atoms with van der Waals surface area (Å²) in [7, 11) is 0. The van der Waals surface area contributed by atoms with Gasteiger partial charge in [0.2, 0.25) is 0 Å². The van der Waals surface area contributed by atoms with E-state index in [4.69, 9.17) is 14.2 Å². The van der Waals surface area contributed by atoms with Crippen molar-refractivity contribution in [1.29, 1.82) is 0 Å². The molecule has 0 N–H and O–H groups in total. The molecule has 0 saturated heterocycles. The van der Waals surface area contributed by atoms with E-state index >= 15 is 0 Å². The fraction of sp³-hybridized carbons (Fsp3) is 0.167. The fourth-order valence-corrected chi connectivity index (χ4v) is 2.10. The van der Waals surface area contributed by atoms with Gasteiger partial charge < -0.3 is 9.30 Å². The van der Waals surface area contributed by atoms with Crippen LogP contribution in [-0.4, -0.2) is 11.1 Å². The van der Waals surface area contributed by atoms with E-state index in [9.17, 15) is 9.59 Å².